The Morgan fingerprint density at radius 2 is 2.05 bits per heavy atom. The van der Waals surface area contributed by atoms with Crippen LogP contribution in [0.15, 0.2) is 30.5 Å². The minimum atomic E-state index is -0.526. The van der Waals surface area contributed by atoms with E-state index in [4.69, 9.17) is 11.6 Å². The van der Waals surface area contributed by atoms with Gasteiger partial charge in [-0.25, -0.2) is 4.98 Å². The van der Waals surface area contributed by atoms with Crippen LogP contribution < -0.4 is 10.6 Å². The SMILES string of the molecule is CCCNc1ncc([N+](=O)[O-])c(Nc2ccc(Cl)cc2)n1. The van der Waals surface area contributed by atoms with E-state index in [9.17, 15) is 10.1 Å². The highest BCUT2D eigenvalue weighted by molar-refractivity contribution is 6.30. The van der Waals surface area contributed by atoms with Crippen molar-refractivity contribution >= 4 is 34.7 Å². The third-order valence-electron chi connectivity index (χ3n) is 2.61. The van der Waals surface area contributed by atoms with Gasteiger partial charge >= 0.3 is 5.69 Å². The van der Waals surface area contributed by atoms with E-state index in [0.717, 1.165) is 6.42 Å². The monoisotopic (exact) mass is 307 g/mol. The Hall–Kier alpha value is -2.41. The lowest BCUT2D eigenvalue weighted by molar-refractivity contribution is -0.384. The van der Waals surface area contributed by atoms with Crippen LogP contribution in [0, 0.1) is 10.1 Å². The summed E-state index contributed by atoms with van der Waals surface area (Å²) >= 11 is 5.81. The molecule has 0 saturated heterocycles. The van der Waals surface area contributed by atoms with Crippen LogP contribution in [0.4, 0.5) is 23.1 Å². The molecule has 2 aromatic rings. The van der Waals surface area contributed by atoms with Gasteiger partial charge in [0.1, 0.15) is 6.20 Å². The molecule has 0 saturated carbocycles. The quantitative estimate of drug-likeness (QED) is 0.625. The lowest BCUT2D eigenvalue weighted by Crippen LogP contribution is -2.07. The van der Waals surface area contributed by atoms with Gasteiger partial charge in [-0.15, -0.1) is 0 Å². The molecule has 1 aromatic heterocycles. The van der Waals surface area contributed by atoms with Gasteiger partial charge in [0.25, 0.3) is 0 Å². The molecule has 21 heavy (non-hydrogen) atoms. The van der Waals surface area contributed by atoms with Crippen LogP contribution in [-0.2, 0) is 0 Å². The molecule has 0 aliphatic rings. The molecular formula is C13H14ClN5O2. The van der Waals surface area contributed by atoms with E-state index < -0.39 is 4.92 Å². The van der Waals surface area contributed by atoms with Gasteiger partial charge in [0.15, 0.2) is 0 Å². The summed E-state index contributed by atoms with van der Waals surface area (Å²) < 4.78 is 0. The molecule has 0 unspecified atom stereocenters. The van der Waals surface area contributed by atoms with E-state index in [1.165, 1.54) is 6.20 Å². The second-order valence-electron chi connectivity index (χ2n) is 4.24. The van der Waals surface area contributed by atoms with Gasteiger partial charge in [-0.2, -0.15) is 4.98 Å². The average molecular weight is 308 g/mol. The van der Waals surface area contributed by atoms with Crippen LogP contribution in [0.3, 0.4) is 0 Å². The van der Waals surface area contributed by atoms with E-state index in [1.807, 2.05) is 6.92 Å². The first kappa shape index (κ1) is 15.0. The van der Waals surface area contributed by atoms with Crippen LogP contribution in [0.5, 0.6) is 0 Å². The Balaban J connectivity index is 2.29. The van der Waals surface area contributed by atoms with Gasteiger partial charge in [0, 0.05) is 17.3 Å². The van der Waals surface area contributed by atoms with Crippen molar-refractivity contribution in [3.63, 3.8) is 0 Å². The molecule has 2 rings (SSSR count). The van der Waals surface area contributed by atoms with Gasteiger partial charge in [0.05, 0.1) is 4.92 Å². The molecule has 8 heteroatoms. The van der Waals surface area contributed by atoms with Gasteiger partial charge < -0.3 is 10.6 Å². The van der Waals surface area contributed by atoms with Gasteiger partial charge in [-0.3, -0.25) is 10.1 Å². The Kier molecular flexibility index (Phi) is 4.89. The molecule has 1 aromatic carbocycles. The van der Waals surface area contributed by atoms with Crippen molar-refractivity contribution in [3.8, 4) is 0 Å². The van der Waals surface area contributed by atoms with Crippen molar-refractivity contribution in [1.29, 1.82) is 0 Å². The maximum atomic E-state index is 11.0. The van der Waals surface area contributed by atoms with Gasteiger partial charge in [-0.05, 0) is 30.7 Å². The zero-order valence-electron chi connectivity index (χ0n) is 11.3. The zero-order chi connectivity index (χ0) is 15.2. The number of anilines is 3. The summed E-state index contributed by atoms with van der Waals surface area (Å²) in [4.78, 5) is 18.6. The molecule has 0 amide bonds. The number of aromatic nitrogens is 2. The highest BCUT2D eigenvalue weighted by Crippen LogP contribution is 2.26. The first-order valence-electron chi connectivity index (χ1n) is 6.38. The van der Waals surface area contributed by atoms with E-state index in [0.29, 0.717) is 23.2 Å². The fraction of sp³-hybridized carbons (Fsp3) is 0.231. The highest BCUT2D eigenvalue weighted by Gasteiger charge is 2.17. The van der Waals surface area contributed by atoms with Crippen LogP contribution in [0.1, 0.15) is 13.3 Å². The first-order chi connectivity index (χ1) is 10.1. The summed E-state index contributed by atoms with van der Waals surface area (Å²) in [7, 11) is 0. The highest BCUT2D eigenvalue weighted by atomic mass is 35.5. The molecule has 0 aliphatic carbocycles. The van der Waals surface area contributed by atoms with Gasteiger partial charge in [-0.1, -0.05) is 18.5 Å². The number of benzene rings is 1. The van der Waals surface area contributed by atoms with Crippen molar-refractivity contribution in [3.05, 3.63) is 45.6 Å². The zero-order valence-corrected chi connectivity index (χ0v) is 12.1. The fourth-order valence-electron chi connectivity index (χ4n) is 1.59. The lowest BCUT2D eigenvalue weighted by atomic mass is 10.3. The molecule has 7 nitrogen and oxygen atoms in total. The summed E-state index contributed by atoms with van der Waals surface area (Å²) in [5, 5.41) is 17.5. The second kappa shape index (κ2) is 6.85. The number of nitrogens with one attached hydrogen (secondary N) is 2. The molecule has 110 valence electrons. The molecule has 0 radical (unpaired) electrons. The minimum absolute atomic E-state index is 0.135. The predicted octanol–water partition coefficient (Wildman–Crippen LogP) is 3.60. The Morgan fingerprint density at radius 3 is 2.67 bits per heavy atom. The molecule has 0 aliphatic heterocycles. The molecule has 0 atom stereocenters. The van der Waals surface area contributed by atoms with E-state index in [-0.39, 0.29) is 11.5 Å². The smallest absolute Gasteiger partial charge is 0.329 e. The van der Waals surface area contributed by atoms with Crippen LogP contribution in [-0.4, -0.2) is 21.4 Å². The Labute approximate surface area is 126 Å². The predicted molar refractivity (Wildman–Crippen MR) is 82.2 cm³/mol. The molecule has 1 heterocycles. The number of nitrogens with zero attached hydrogens (tertiary/aromatic N) is 3. The largest absolute Gasteiger partial charge is 0.354 e. The topological polar surface area (TPSA) is 93.0 Å². The molecule has 0 bridgehead atoms. The molecule has 0 fully saturated rings. The summed E-state index contributed by atoms with van der Waals surface area (Å²) in [5.74, 6) is 0.481. The van der Waals surface area contributed by atoms with Crippen molar-refractivity contribution in [2.45, 2.75) is 13.3 Å². The van der Waals surface area contributed by atoms with Crippen LogP contribution in [0.2, 0.25) is 5.02 Å². The first-order valence-corrected chi connectivity index (χ1v) is 6.76. The number of hydrogen-bond donors (Lipinski definition) is 2. The maximum Gasteiger partial charge on any atom is 0.329 e. The maximum absolute atomic E-state index is 11.0. The summed E-state index contributed by atoms with van der Waals surface area (Å²) in [6, 6.07) is 6.81. The molecular weight excluding hydrogens is 294 g/mol. The van der Waals surface area contributed by atoms with Crippen LogP contribution in [0.25, 0.3) is 0 Å². The normalized spacial score (nSPS) is 10.2. The van der Waals surface area contributed by atoms with Crippen molar-refractivity contribution < 1.29 is 4.92 Å². The standard InChI is InChI=1S/C13H14ClN5O2/c1-2-7-15-13-16-8-11(19(20)21)12(18-13)17-10-5-3-9(14)4-6-10/h3-6,8H,2,7H2,1H3,(H2,15,16,17,18). The lowest BCUT2D eigenvalue weighted by Gasteiger charge is -2.08. The third-order valence-corrected chi connectivity index (χ3v) is 2.86. The van der Waals surface area contributed by atoms with Gasteiger partial charge in [0.2, 0.25) is 11.8 Å². The minimum Gasteiger partial charge on any atom is -0.354 e. The van der Waals surface area contributed by atoms with E-state index in [1.54, 1.807) is 24.3 Å². The summed E-state index contributed by atoms with van der Waals surface area (Å²) in [6.07, 6.45) is 2.09. The summed E-state index contributed by atoms with van der Waals surface area (Å²) in [5.41, 5.74) is 0.467. The third kappa shape index (κ3) is 4.03. The molecule has 2 N–H and O–H groups in total. The van der Waals surface area contributed by atoms with Crippen molar-refractivity contribution in [1.82, 2.24) is 9.97 Å². The number of halogens is 1. The van der Waals surface area contributed by atoms with Crippen LogP contribution >= 0.6 is 11.6 Å². The van der Waals surface area contributed by atoms with Crippen molar-refractivity contribution in [2.24, 2.45) is 0 Å². The summed E-state index contributed by atoms with van der Waals surface area (Å²) in [6.45, 7) is 2.70. The molecule has 0 spiro atoms. The Bertz CT molecular complexity index is 633. The Morgan fingerprint density at radius 1 is 1.33 bits per heavy atom. The fourth-order valence-corrected chi connectivity index (χ4v) is 1.72. The number of hydrogen-bond acceptors (Lipinski definition) is 6. The second-order valence-corrected chi connectivity index (χ2v) is 4.68. The van der Waals surface area contributed by atoms with E-state index in [2.05, 4.69) is 20.6 Å². The number of nitro groups is 1. The van der Waals surface area contributed by atoms with E-state index >= 15 is 0 Å². The average Bonchev–Trinajstić information content (AvgIpc) is 2.47. The van der Waals surface area contributed by atoms with Crippen molar-refractivity contribution in [2.75, 3.05) is 17.2 Å². The number of rotatable bonds is 6.